The van der Waals surface area contributed by atoms with E-state index in [0.29, 0.717) is 0 Å². The molecule has 0 saturated heterocycles. The molecule has 1 unspecified atom stereocenters. The Morgan fingerprint density at radius 3 is 2.55 bits per heavy atom. The van der Waals surface area contributed by atoms with Gasteiger partial charge in [0.25, 0.3) is 0 Å². The normalized spacial score (nSPS) is 14.2. The van der Waals surface area contributed by atoms with Crippen LogP contribution in [0.4, 0.5) is 0 Å². The summed E-state index contributed by atoms with van der Waals surface area (Å²) >= 11 is 0. The van der Waals surface area contributed by atoms with Crippen molar-refractivity contribution >= 4 is 0 Å². The highest BCUT2D eigenvalue weighted by Gasteiger charge is 2.16. The van der Waals surface area contributed by atoms with E-state index in [1.165, 1.54) is 11.1 Å². The van der Waals surface area contributed by atoms with Gasteiger partial charge in [-0.3, -0.25) is 4.68 Å². The maximum atomic E-state index is 9.57. The van der Waals surface area contributed by atoms with Gasteiger partial charge in [0.2, 0.25) is 0 Å². The Hall–Kier alpha value is -1.65. The molecule has 4 nitrogen and oxygen atoms in total. The molecule has 4 heteroatoms. The number of aromatic nitrogens is 2. The molecule has 0 aliphatic heterocycles. The topological polar surface area (TPSA) is 50.1 Å². The summed E-state index contributed by atoms with van der Waals surface area (Å²) < 4.78 is 1.83. The first-order chi connectivity index (χ1) is 9.60. The van der Waals surface area contributed by atoms with Crippen molar-refractivity contribution in [2.24, 2.45) is 7.05 Å². The van der Waals surface area contributed by atoms with Crippen molar-refractivity contribution in [3.05, 3.63) is 53.3 Å². The molecule has 1 heterocycles. The van der Waals surface area contributed by atoms with Crippen LogP contribution in [-0.4, -0.2) is 27.5 Å². The van der Waals surface area contributed by atoms with Gasteiger partial charge < -0.3 is 10.4 Å². The fourth-order valence-electron chi connectivity index (χ4n) is 2.56. The number of hydrogen-bond acceptors (Lipinski definition) is 3. The van der Waals surface area contributed by atoms with E-state index < -0.39 is 0 Å². The zero-order valence-corrected chi connectivity index (χ0v) is 12.4. The van der Waals surface area contributed by atoms with Crippen LogP contribution in [0, 0.1) is 6.92 Å². The molecular formula is C16H23N3O. The van der Waals surface area contributed by atoms with E-state index in [1.54, 1.807) is 0 Å². The lowest BCUT2D eigenvalue weighted by atomic mass is 10.0. The first-order valence-electron chi connectivity index (χ1n) is 7.01. The smallest absolute Gasteiger partial charge is 0.0641 e. The van der Waals surface area contributed by atoms with Gasteiger partial charge in [0.15, 0.2) is 0 Å². The molecule has 2 aromatic rings. The molecule has 2 atom stereocenters. The molecule has 1 aromatic heterocycles. The number of hydrogen-bond donors (Lipinski definition) is 2. The molecular weight excluding hydrogens is 250 g/mol. The van der Waals surface area contributed by atoms with Crippen LogP contribution in [0.5, 0.6) is 0 Å². The fourth-order valence-corrected chi connectivity index (χ4v) is 2.56. The highest BCUT2D eigenvalue weighted by atomic mass is 16.3. The van der Waals surface area contributed by atoms with Gasteiger partial charge in [-0.1, -0.05) is 30.3 Å². The lowest BCUT2D eigenvalue weighted by Crippen LogP contribution is -2.36. The van der Waals surface area contributed by atoms with Crippen molar-refractivity contribution in [3.8, 4) is 0 Å². The molecule has 0 amide bonds. The van der Waals surface area contributed by atoms with Gasteiger partial charge in [0, 0.05) is 30.9 Å². The molecule has 0 fully saturated rings. The van der Waals surface area contributed by atoms with Crippen molar-refractivity contribution in [2.45, 2.75) is 32.4 Å². The van der Waals surface area contributed by atoms with Crippen LogP contribution in [0.15, 0.2) is 36.5 Å². The molecule has 0 saturated carbocycles. The monoisotopic (exact) mass is 273 g/mol. The molecule has 0 spiro atoms. The van der Waals surface area contributed by atoms with Crippen LogP contribution >= 0.6 is 0 Å². The first-order valence-corrected chi connectivity index (χ1v) is 7.01. The largest absolute Gasteiger partial charge is 0.395 e. The van der Waals surface area contributed by atoms with E-state index in [0.717, 1.165) is 12.1 Å². The summed E-state index contributed by atoms with van der Waals surface area (Å²) in [7, 11) is 1.93. The lowest BCUT2D eigenvalue weighted by Gasteiger charge is -2.21. The summed E-state index contributed by atoms with van der Waals surface area (Å²) in [6.07, 6.45) is 2.85. The second-order valence-corrected chi connectivity index (χ2v) is 5.30. The Morgan fingerprint density at radius 1 is 1.30 bits per heavy atom. The highest BCUT2D eigenvalue weighted by molar-refractivity contribution is 5.20. The van der Waals surface area contributed by atoms with Crippen molar-refractivity contribution in [1.29, 1.82) is 0 Å². The average Bonchev–Trinajstić information content (AvgIpc) is 2.78. The number of aryl methyl sites for hydroxylation is 2. The summed E-state index contributed by atoms with van der Waals surface area (Å²) in [4.78, 5) is 0. The SMILES string of the molecule is Cc1nn(C)cc1C(C)N[C@H](CO)Cc1ccccc1. The first kappa shape index (κ1) is 14.8. The van der Waals surface area contributed by atoms with Crippen LogP contribution in [0.3, 0.4) is 0 Å². The average molecular weight is 273 g/mol. The third kappa shape index (κ3) is 3.68. The molecule has 20 heavy (non-hydrogen) atoms. The van der Waals surface area contributed by atoms with Gasteiger partial charge in [0.1, 0.15) is 0 Å². The van der Waals surface area contributed by atoms with Crippen molar-refractivity contribution in [3.63, 3.8) is 0 Å². The number of aliphatic hydroxyl groups excluding tert-OH is 1. The van der Waals surface area contributed by atoms with E-state index >= 15 is 0 Å². The minimum absolute atomic E-state index is 0.0482. The maximum absolute atomic E-state index is 9.57. The predicted octanol–water partition coefficient (Wildman–Crippen LogP) is 1.98. The van der Waals surface area contributed by atoms with Crippen LogP contribution in [0.25, 0.3) is 0 Å². The van der Waals surface area contributed by atoms with E-state index in [9.17, 15) is 5.11 Å². The van der Waals surface area contributed by atoms with Crippen molar-refractivity contribution < 1.29 is 5.11 Å². The van der Waals surface area contributed by atoms with Crippen molar-refractivity contribution in [1.82, 2.24) is 15.1 Å². The maximum Gasteiger partial charge on any atom is 0.0641 e. The summed E-state index contributed by atoms with van der Waals surface area (Å²) in [6.45, 7) is 4.24. The number of nitrogens with one attached hydrogen (secondary N) is 1. The molecule has 2 rings (SSSR count). The van der Waals surface area contributed by atoms with Crippen LogP contribution in [0.1, 0.15) is 29.8 Å². The Bertz CT molecular complexity index is 536. The minimum Gasteiger partial charge on any atom is -0.395 e. The zero-order valence-electron chi connectivity index (χ0n) is 12.4. The number of aliphatic hydroxyl groups is 1. The van der Waals surface area contributed by atoms with Gasteiger partial charge in [-0.05, 0) is 25.8 Å². The van der Waals surface area contributed by atoms with Gasteiger partial charge in [-0.15, -0.1) is 0 Å². The molecule has 1 aromatic carbocycles. The summed E-state index contributed by atoms with van der Waals surface area (Å²) in [5.41, 5.74) is 3.44. The highest BCUT2D eigenvalue weighted by Crippen LogP contribution is 2.17. The minimum atomic E-state index is 0.0482. The number of benzene rings is 1. The Morgan fingerprint density at radius 2 is 2.00 bits per heavy atom. The second kappa shape index (κ2) is 6.68. The third-order valence-corrected chi connectivity index (χ3v) is 3.55. The summed E-state index contributed by atoms with van der Waals surface area (Å²) in [6, 6.07) is 10.5. The Kier molecular flexibility index (Phi) is 4.93. The van der Waals surface area contributed by atoms with E-state index in [2.05, 4.69) is 29.5 Å². The molecule has 0 bridgehead atoms. The van der Waals surface area contributed by atoms with Gasteiger partial charge in [-0.25, -0.2) is 0 Å². The molecule has 0 aliphatic rings. The molecule has 0 aliphatic carbocycles. The van der Waals surface area contributed by atoms with Crippen LogP contribution in [0.2, 0.25) is 0 Å². The quantitative estimate of drug-likeness (QED) is 0.846. The van der Waals surface area contributed by atoms with E-state index in [4.69, 9.17) is 0 Å². The third-order valence-electron chi connectivity index (χ3n) is 3.55. The number of nitrogens with zero attached hydrogens (tertiary/aromatic N) is 2. The lowest BCUT2D eigenvalue weighted by molar-refractivity contribution is 0.232. The molecule has 0 radical (unpaired) electrons. The predicted molar refractivity (Wildman–Crippen MR) is 80.5 cm³/mol. The molecule has 108 valence electrons. The van der Waals surface area contributed by atoms with Gasteiger partial charge in [-0.2, -0.15) is 5.10 Å². The fraction of sp³-hybridized carbons (Fsp3) is 0.438. The summed E-state index contributed by atoms with van der Waals surface area (Å²) in [5, 5.41) is 17.4. The van der Waals surface area contributed by atoms with Gasteiger partial charge >= 0.3 is 0 Å². The Labute approximate surface area is 120 Å². The molecule has 2 N–H and O–H groups in total. The van der Waals surface area contributed by atoms with Crippen LogP contribution in [-0.2, 0) is 13.5 Å². The van der Waals surface area contributed by atoms with Crippen molar-refractivity contribution in [2.75, 3.05) is 6.61 Å². The zero-order chi connectivity index (χ0) is 14.5. The second-order valence-electron chi connectivity index (χ2n) is 5.30. The Balaban J connectivity index is 2.01. The number of rotatable bonds is 6. The van der Waals surface area contributed by atoms with E-state index in [1.807, 2.05) is 43.0 Å². The van der Waals surface area contributed by atoms with Gasteiger partial charge in [0.05, 0.1) is 12.3 Å². The van der Waals surface area contributed by atoms with E-state index in [-0.39, 0.29) is 18.7 Å². The van der Waals surface area contributed by atoms with Crippen LogP contribution < -0.4 is 5.32 Å². The summed E-state index contributed by atoms with van der Waals surface area (Å²) in [5.74, 6) is 0. The standard InChI is InChI=1S/C16H23N3O/c1-12(16-10-19(3)18-13(16)2)17-15(11-20)9-14-7-5-4-6-8-14/h4-8,10,12,15,17,20H,9,11H2,1-3H3/t12?,15-/m0/s1.